The highest BCUT2D eigenvalue weighted by Crippen LogP contribution is 2.32. The lowest BCUT2D eigenvalue weighted by molar-refractivity contribution is -0.116. The number of aryl methyl sites for hydroxylation is 3. The summed E-state index contributed by atoms with van der Waals surface area (Å²) < 4.78 is 3.57. The minimum Gasteiger partial charge on any atom is -0.323 e. The summed E-state index contributed by atoms with van der Waals surface area (Å²) in [5.41, 5.74) is 6.11. The van der Waals surface area contributed by atoms with Gasteiger partial charge >= 0.3 is 0 Å². The monoisotopic (exact) mass is 449 g/mol. The molecular weight excluding hydrogens is 434 g/mol. The minimum absolute atomic E-state index is 0.0993. The van der Waals surface area contributed by atoms with Gasteiger partial charge in [0.25, 0.3) is 0 Å². The molecule has 3 aromatic rings. The van der Waals surface area contributed by atoms with Crippen LogP contribution >= 0.6 is 31.9 Å². The molecule has 0 radical (unpaired) electrons. The molecule has 0 saturated carbocycles. The van der Waals surface area contributed by atoms with Crippen molar-refractivity contribution in [3.63, 3.8) is 0 Å². The number of nitrogens with one attached hydrogen (secondary N) is 1. The maximum Gasteiger partial charge on any atom is 0.244 e. The predicted molar refractivity (Wildman–Crippen MR) is 104 cm³/mol. The summed E-state index contributed by atoms with van der Waals surface area (Å²) in [6, 6.07) is 8.06. The summed E-state index contributed by atoms with van der Waals surface area (Å²) in [7, 11) is 0. The summed E-state index contributed by atoms with van der Waals surface area (Å²) in [4.78, 5) is 16.9. The highest BCUT2D eigenvalue weighted by Gasteiger charge is 2.12. The Morgan fingerprint density at radius 3 is 2.38 bits per heavy atom. The van der Waals surface area contributed by atoms with Crippen molar-refractivity contribution in [3.05, 3.63) is 56.2 Å². The van der Waals surface area contributed by atoms with Crippen LogP contribution in [-0.4, -0.2) is 15.5 Å². The number of rotatable bonds is 3. The average Bonchev–Trinajstić information content (AvgIpc) is 2.85. The van der Waals surface area contributed by atoms with Gasteiger partial charge in [0, 0.05) is 8.95 Å². The van der Waals surface area contributed by atoms with Gasteiger partial charge in [-0.3, -0.25) is 4.79 Å². The molecule has 0 unspecified atom stereocenters. The number of aromatic nitrogens is 2. The summed E-state index contributed by atoms with van der Waals surface area (Å²) in [6.07, 6.45) is 1.71. The Hall–Kier alpha value is -1.66. The maximum absolute atomic E-state index is 12.5. The van der Waals surface area contributed by atoms with Crippen LogP contribution in [-0.2, 0) is 11.3 Å². The standard InChI is InChI=1S/C18H17Br2N3O/c1-10-4-13(19)18(14(20)5-10)22-17(24)8-23-9-21-15-6-11(2)12(3)7-16(15)23/h4-7,9H,8H2,1-3H3,(H,22,24). The third kappa shape index (κ3) is 3.39. The molecule has 2 aromatic carbocycles. The third-order valence-electron chi connectivity index (χ3n) is 4.00. The van der Waals surface area contributed by atoms with Crippen LogP contribution in [0.1, 0.15) is 16.7 Å². The van der Waals surface area contributed by atoms with Gasteiger partial charge in [0.1, 0.15) is 6.54 Å². The van der Waals surface area contributed by atoms with Crippen LogP contribution in [0.3, 0.4) is 0 Å². The van der Waals surface area contributed by atoms with E-state index in [0.717, 1.165) is 31.2 Å². The lowest BCUT2D eigenvalue weighted by Gasteiger charge is -2.12. The Kier molecular flexibility index (Phi) is 4.78. The molecule has 1 amide bonds. The lowest BCUT2D eigenvalue weighted by Crippen LogP contribution is -2.19. The predicted octanol–water partition coefficient (Wildman–Crippen LogP) is 5.13. The zero-order chi connectivity index (χ0) is 17.4. The number of imidazole rings is 1. The number of fused-ring (bicyclic) bond motifs is 1. The van der Waals surface area contributed by atoms with E-state index in [1.54, 1.807) is 6.33 Å². The molecule has 1 N–H and O–H groups in total. The van der Waals surface area contributed by atoms with E-state index in [9.17, 15) is 4.79 Å². The molecule has 0 saturated heterocycles. The summed E-state index contributed by atoms with van der Waals surface area (Å²) in [5, 5.41) is 2.95. The number of halogens is 2. The van der Waals surface area contributed by atoms with Crippen molar-refractivity contribution >= 4 is 54.5 Å². The molecule has 0 bridgehead atoms. The SMILES string of the molecule is Cc1cc(Br)c(NC(=O)Cn2cnc3cc(C)c(C)cc32)c(Br)c1. The molecule has 0 aliphatic heterocycles. The molecule has 1 aromatic heterocycles. The molecule has 4 nitrogen and oxygen atoms in total. The molecule has 0 atom stereocenters. The zero-order valence-electron chi connectivity index (χ0n) is 13.7. The van der Waals surface area contributed by atoms with Gasteiger partial charge in [-0.1, -0.05) is 0 Å². The number of amides is 1. The minimum atomic E-state index is -0.0993. The number of benzene rings is 2. The van der Waals surface area contributed by atoms with Crippen LogP contribution in [0.5, 0.6) is 0 Å². The van der Waals surface area contributed by atoms with Crippen LogP contribution in [0.15, 0.2) is 39.5 Å². The van der Waals surface area contributed by atoms with Crippen molar-refractivity contribution in [2.75, 3.05) is 5.32 Å². The van der Waals surface area contributed by atoms with E-state index in [2.05, 4.69) is 62.1 Å². The van der Waals surface area contributed by atoms with E-state index in [1.807, 2.05) is 29.7 Å². The summed E-state index contributed by atoms with van der Waals surface area (Å²) >= 11 is 7.00. The number of anilines is 1. The molecule has 1 heterocycles. The topological polar surface area (TPSA) is 46.9 Å². The number of carbonyl (C=O) groups is 1. The van der Waals surface area contributed by atoms with Gasteiger partial charge in [0.2, 0.25) is 5.91 Å². The van der Waals surface area contributed by atoms with Crippen molar-refractivity contribution in [1.82, 2.24) is 9.55 Å². The van der Waals surface area contributed by atoms with Gasteiger partial charge in [-0.15, -0.1) is 0 Å². The molecule has 0 fully saturated rings. The van der Waals surface area contributed by atoms with Crippen LogP contribution in [0.25, 0.3) is 11.0 Å². The molecule has 0 spiro atoms. The van der Waals surface area contributed by atoms with Gasteiger partial charge in [0.05, 0.1) is 23.0 Å². The van der Waals surface area contributed by atoms with Gasteiger partial charge in [-0.2, -0.15) is 0 Å². The largest absolute Gasteiger partial charge is 0.323 e. The Morgan fingerprint density at radius 2 is 1.71 bits per heavy atom. The van der Waals surface area contributed by atoms with Gasteiger partial charge in [-0.25, -0.2) is 4.98 Å². The first-order valence-corrected chi connectivity index (χ1v) is 9.11. The first-order chi connectivity index (χ1) is 11.3. The molecule has 6 heteroatoms. The van der Waals surface area contributed by atoms with E-state index in [0.29, 0.717) is 0 Å². The number of carbonyl (C=O) groups excluding carboxylic acids is 1. The van der Waals surface area contributed by atoms with Crippen molar-refractivity contribution < 1.29 is 4.79 Å². The van der Waals surface area contributed by atoms with Gasteiger partial charge in [0.15, 0.2) is 0 Å². The van der Waals surface area contributed by atoms with Crippen LogP contribution in [0.2, 0.25) is 0 Å². The number of hydrogen-bond acceptors (Lipinski definition) is 2. The van der Waals surface area contributed by atoms with Crippen LogP contribution < -0.4 is 5.32 Å². The van der Waals surface area contributed by atoms with Crippen LogP contribution in [0.4, 0.5) is 5.69 Å². The maximum atomic E-state index is 12.5. The molecule has 0 aliphatic rings. The quantitative estimate of drug-likeness (QED) is 0.601. The van der Waals surface area contributed by atoms with Gasteiger partial charge in [-0.05, 0) is 93.6 Å². The van der Waals surface area contributed by atoms with Crippen molar-refractivity contribution in [3.8, 4) is 0 Å². The Morgan fingerprint density at radius 1 is 1.08 bits per heavy atom. The Labute approximate surface area is 157 Å². The van der Waals surface area contributed by atoms with Crippen LogP contribution in [0, 0.1) is 20.8 Å². The lowest BCUT2D eigenvalue weighted by atomic mass is 10.1. The Bertz CT molecular complexity index is 924. The fraction of sp³-hybridized carbons (Fsp3) is 0.222. The summed E-state index contributed by atoms with van der Waals surface area (Å²) in [5.74, 6) is -0.0993. The van der Waals surface area contributed by atoms with E-state index in [-0.39, 0.29) is 12.5 Å². The number of hydrogen-bond donors (Lipinski definition) is 1. The highest BCUT2D eigenvalue weighted by molar-refractivity contribution is 9.11. The first kappa shape index (κ1) is 17.2. The molecule has 124 valence electrons. The second-order valence-electron chi connectivity index (χ2n) is 5.95. The van der Waals surface area contributed by atoms with E-state index < -0.39 is 0 Å². The molecule has 24 heavy (non-hydrogen) atoms. The zero-order valence-corrected chi connectivity index (χ0v) is 16.8. The second kappa shape index (κ2) is 6.69. The van der Waals surface area contributed by atoms with E-state index in [4.69, 9.17) is 0 Å². The van der Waals surface area contributed by atoms with E-state index in [1.165, 1.54) is 11.1 Å². The normalized spacial score (nSPS) is 11.0. The fourth-order valence-electron chi connectivity index (χ4n) is 2.59. The molecule has 0 aliphatic carbocycles. The Balaban J connectivity index is 1.85. The third-order valence-corrected chi connectivity index (χ3v) is 5.25. The average molecular weight is 451 g/mol. The van der Waals surface area contributed by atoms with E-state index >= 15 is 0 Å². The highest BCUT2D eigenvalue weighted by atomic mass is 79.9. The first-order valence-electron chi connectivity index (χ1n) is 7.52. The van der Waals surface area contributed by atoms with Crippen molar-refractivity contribution in [2.24, 2.45) is 0 Å². The van der Waals surface area contributed by atoms with Gasteiger partial charge < -0.3 is 9.88 Å². The fourth-order valence-corrected chi connectivity index (χ4v) is 4.21. The number of nitrogens with zero attached hydrogens (tertiary/aromatic N) is 2. The molecule has 3 rings (SSSR count). The van der Waals surface area contributed by atoms with Crippen molar-refractivity contribution in [2.45, 2.75) is 27.3 Å². The molecular formula is C18H17Br2N3O. The second-order valence-corrected chi connectivity index (χ2v) is 7.66. The van der Waals surface area contributed by atoms with Crippen molar-refractivity contribution in [1.29, 1.82) is 0 Å². The smallest absolute Gasteiger partial charge is 0.244 e. The summed E-state index contributed by atoms with van der Waals surface area (Å²) in [6.45, 7) is 6.34.